The van der Waals surface area contributed by atoms with Crippen LogP contribution in [0.1, 0.15) is 23.8 Å². The van der Waals surface area contributed by atoms with Gasteiger partial charge in [-0.3, -0.25) is 0 Å². The van der Waals surface area contributed by atoms with E-state index in [1.54, 1.807) is 6.92 Å². The van der Waals surface area contributed by atoms with Gasteiger partial charge in [0.15, 0.2) is 0 Å². The number of furan rings is 1. The lowest BCUT2D eigenvalue weighted by molar-refractivity contribution is -0.143. The Kier molecular flexibility index (Phi) is 5.48. The molecule has 0 spiro atoms. The van der Waals surface area contributed by atoms with E-state index in [0.717, 1.165) is 6.08 Å². The molecule has 0 aliphatic rings. The molecule has 0 aliphatic carbocycles. The van der Waals surface area contributed by atoms with Crippen molar-refractivity contribution < 1.29 is 40.3 Å². The molecular formula is C17H12F6O3. The summed E-state index contributed by atoms with van der Waals surface area (Å²) in [5.74, 6) is -0.798. The summed E-state index contributed by atoms with van der Waals surface area (Å²) >= 11 is 0. The lowest BCUT2D eigenvalue weighted by atomic mass is 10.0. The van der Waals surface area contributed by atoms with Crippen LogP contribution < -0.4 is 0 Å². The molecular weight excluding hydrogens is 366 g/mol. The molecule has 0 saturated heterocycles. The standard InChI is InChI=1S/C17H12F6O3/c1-2-25-15(24)6-4-13-3-5-14(26-13)10-7-11(16(18,19)20)9-12(8-10)17(21,22)23/h3-9H,2H2,1H3. The normalized spacial score (nSPS) is 12.6. The number of ether oxygens (including phenoxy) is 1. The summed E-state index contributed by atoms with van der Waals surface area (Å²) in [5, 5.41) is 0. The van der Waals surface area contributed by atoms with Crippen molar-refractivity contribution >= 4 is 12.0 Å². The third-order valence-electron chi connectivity index (χ3n) is 3.17. The Balaban J connectivity index is 2.41. The van der Waals surface area contributed by atoms with Crippen molar-refractivity contribution in [2.45, 2.75) is 19.3 Å². The molecule has 0 bridgehead atoms. The number of rotatable bonds is 4. The predicted octanol–water partition coefficient (Wildman–Crippen LogP) is 5.56. The minimum absolute atomic E-state index is 0.0357. The van der Waals surface area contributed by atoms with E-state index in [-0.39, 0.29) is 29.8 Å². The van der Waals surface area contributed by atoms with Crippen LogP contribution in [0.5, 0.6) is 0 Å². The summed E-state index contributed by atoms with van der Waals surface area (Å²) in [6.45, 7) is 1.75. The Hall–Kier alpha value is -2.71. The molecule has 9 heteroatoms. The molecule has 26 heavy (non-hydrogen) atoms. The van der Waals surface area contributed by atoms with Gasteiger partial charge in [0.05, 0.1) is 17.7 Å². The summed E-state index contributed by atoms with van der Waals surface area (Å²) in [6.07, 6.45) is -7.68. The van der Waals surface area contributed by atoms with Gasteiger partial charge in [-0.05, 0) is 43.3 Å². The highest BCUT2D eigenvalue weighted by Gasteiger charge is 2.37. The number of hydrogen-bond acceptors (Lipinski definition) is 3. The first-order chi connectivity index (χ1) is 12.0. The van der Waals surface area contributed by atoms with Gasteiger partial charge < -0.3 is 9.15 Å². The molecule has 0 radical (unpaired) electrons. The lowest BCUT2D eigenvalue weighted by Crippen LogP contribution is -2.11. The van der Waals surface area contributed by atoms with E-state index in [0.29, 0.717) is 12.1 Å². The Morgan fingerprint density at radius 2 is 1.62 bits per heavy atom. The first-order valence-electron chi connectivity index (χ1n) is 7.25. The third kappa shape index (κ3) is 4.90. The fraction of sp³-hybridized carbons (Fsp3) is 0.235. The van der Waals surface area contributed by atoms with Crippen LogP contribution in [-0.4, -0.2) is 12.6 Å². The second-order valence-corrected chi connectivity index (χ2v) is 5.08. The maximum Gasteiger partial charge on any atom is 0.416 e. The van der Waals surface area contributed by atoms with E-state index in [2.05, 4.69) is 4.74 Å². The van der Waals surface area contributed by atoms with E-state index < -0.39 is 29.4 Å². The number of benzene rings is 1. The van der Waals surface area contributed by atoms with Gasteiger partial charge in [-0.15, -0.1) is 0 Å². The largest absolute Gasteiger partial charge is 0.463 e. The SMILES string of the molecule is CCOC(=O)C=Cc1ccc(-c2cc(C(F)(F)F)cc(C(F)(F)F)c2)o1. The van der Waals surface area contributed by atoms with E-state index in [1.165, 1.54) is 18.2 Å². The number of alkyl halides is 6. The highest BCUT2D eigenvalue weighted by Crippen LogP contribution is 2.38. The zero-order valence-corrected chi connectivity index (χ0v) is 13.2. The molecule has 0 fully saturated rings. The molecule has 2 rings (SSSR count). The van der Waals surface area contributed by atoms with Gasteiger partial charge in [0.25, 0.3) is 0 Å². The molecule has 140 valence electrons. The maximum absolute atomic E-state index is 12.9. The van der Waals surface area contributed by atoms with E-state index in [4.69, 9.17) is 4.42 Å². The molecule has 2 aromatic rings. The number of carbonyl (C=O) groups excluding carboxylic acids is 1. The monoisotopic (exact) mass is 378 g/mol. The Labute approximate surface area is 143 Å². The van der Waals surface area contributed by atoms with Gasteiger partial charge in [0.2, 0.25) is 0 Å². The Morgan fingerprint density at radius 3 is 2.12 bits per heavy atom. The number of carbonyl (C=O) groups is 1. The molecule has 3 nitrogen and oxygen atoms in total. The second kappa shape index (κ2) is 7.27. The van der Waals surface area contributed by atoms with Crippen LogP contribution in [0.3, 0.4) is 0 Å². The molecule has 0 unspecified atom stereocenters. The average molecular weight is 378 g/mol. The number of halogens is 6. The molecule has 0 N–H and O–H groups in total. The minimum Gasteiger partial charge on any atom is -0.463 e. The number of hydrogen-bond donors (Lipinski definition) is 0. The first-order valence-corrected chi connectivity index (χ1v) is 7.25. The Morgan fingerprint density at radius 1 is 1.04 bits per heavy atom. The van der Waals surface area contributed by atoms with Crippen LogP contribution in [0, 0.1) is 0 Å². The van der Waals surface area contributed by atoms with Gasteiger partial charge in [0.1, 0.15) is 11.5 Å². The smallest absolute Gasteiger partial charge is 0.416 e. The van der Waals surface area contributed by atoms with Gasteiger partial charge in [-0.2, -0.15) is 26.3 Å². The molecule has 1 aromatic heterocycles. The zero-order valence-electron chi connectivity index (χ0n) is 13.2. The molecule has 1 aromatic carbocycles. The first kappa shape index (κ1) is 19.6. The van der Waals surface area contributed by atoms with Gasteiger partial charge in [-0.25, -0.2) is 4.79 Å². The Bertz CT molecular complexity index is 782. The molecule has 0 saturated carbocycles. The van der Waals surface area contributed by atoms with E-state index in [1.807, 2.05) is 0 Å². The molecule has 0 amide bonds. The van der Waals surface area contributed by atoms with Gasteiger partial charge >= 0.3 is 18.3 Å². The lowest BCUT2D eigenvalue weighted by Gasteiger charge is -2.13. The molecule has 1 heterocycles. The highest BCUT2D eigenvalue weighted by atomic mass is 19.4. The van der Waals surface area contributed by atoms with Crippen molar-refractivity contribution in [3.8, 4) is 11.3 Å². The van der Waals surface area contributed by atoms with Crippen molar-refractivity contribution in [2.24, 2.45) is 0 Å². The zero-order chi connectivity index (χ0) is 19.5. The second-order valence-electron chi connectivity index (χ2n) is 5.08. The third-order valence-corrected chi connectivity index (χ3v) is 3.17. The van der Waals surface area contributed by atoms with Crippen molar-refractivity contribution in [3.63, 3.8) is 0 Å². The van der Waals surface area contributed by atoms with Gasteiger partial charge in [-0.1, -0.05) is 0 Å². The van der Waals surface area contributed by atoms with Crippen LogP contribution in [-0.2, 0) is 21.9 Å². The highest BCUT2D eigenvalue weighted by molar-refractivity contribution is 5.86. The van der Waals surface area contributed by atoms with Crippen LogP contribution in [0.25, 0.3) is 17.4 Å². The van der Waals surface area contributed by atoms with Crippen LogP contribution in [0.4, 0.5) is 26.3 Å². The molecule has 0 atom stereocenters. The van der Waals surface area contributed by atoms with Crippen LogP contribution in [0.2, 0.25) is 0 Å². The summed E-state index contributed by atoms with van der Waals surface area (Å²) in [7, 11) is 0. The number of esters is 1. The fourth-order valence-electron chi connectivity index (χ4n) is 2.04. The van der Waals surface area contributed by atoms with Crippen molar-refractivity contribution in [1.29, 1.82) is 0 Å². The summed E-state index contributed by atoms with van der Waals surface area (Å²) in [4.78, 5) is 11.2. The molecule has 0 aliphatic heterocycles. The summed E-state index contributed by atoms with van der Waals surface area (Å²) in [5.41, 5.74) is -3.27. The van der Waals surface area contributed by atoms with Crippen LogP contribution >= 0.6 is 0 Å². The predicted molar refractivity (Wildman–Crippen MR) is 79.8 cm³/mol. The average Bonchev–Trinajstić information content (AvgIpc) is 3.00. The summed E-state index contributed by atoms with van der Waals surface area (Å²) in [6, 6.07) is 3.67. The maximum atomic E-state index is 12.9. The fourth-order valence-corrected chi connectivity index (χ4v) is 2.04. The van der Waals surface area contributed by atoms with Crippen molar-refractivity contribution in [3.05, 3.63) is 53.3 Å². The topological polar surface area (TPSA) is 39.4 Å². The van der Waals surface area contributed by atoms with Crippen molar-refractivity contribution in [2.75, 3.05) is 6.61 Å². The van der Waals surface area contributed by atoms with Crippen molar-refractivity contribution in [1.82, 2.24) is 0 Å². The minimum atomic E-state index is -4.95. The summed E-state index contributed by atoms with van der Waals surface area (Å²) < 4.78 is 87.1. The van der Waals surface area contributed by atoms with E-state index in [9.17, 15) is 31.1 Å². The van der Waals surface area contributed by atoms with E-state index >= 15 is 0 Å². The van der Waals surface area contributed by atoms with Crippen LogP contribution in [0.15, 0.2) is 40.8 Å². The van der Waals surface area contributed by atoms with Gasteiger partial charge in [0, 0.05) is 11.6 Å². The quantitative estimate of drug-likeness (QED) is 0.397.